The fraction of sp³-hybridized carbons (Fsp3) is 1.00. The summed E-state index contributed by atoms with van der Waals surface area (Å²) in [5.74, 6) is 0. The minimum absolute atomic E-state index is 0.208. The summed E-state index contributed by atoms with van der Waals surface area (Å²) in [4.78, 5) is 0. The first-order valence-electron chi connectivity index (χ1n) is 11.9. The van der Waals surface area contributed by atoms with Crippen molar-refractivity contribution in [3.63, 3.8) is 0 Å². The fourth-order valence-corrected chi connectivity index (χ4v) is 7.02. The lowest BCUT2D eigenvalue weighted by atomic mass is 9.77. The van der Waals surface area contributed by atoms with Crippen molar-refractivity contribution in [1.29, 1.82) is 0 Å². The third-order valence-corrected chi connectivity index (χ3v) is 7.05. The van der Waals surface area contributed by atoms with Crippen molar-refractivity contribution in [3.05, 3.63) is 0 Å². The van der Waals surface area contributed by atoms with E-state index in [-0.39, 0.29) is 22.2 Å². The number of rotatable bonds is 4. The Labute approximate surface area is 174 Å². The van der Waals surface area contributed by atoms with Crippen LogP contribution in [0.25, 0.3) is 0 Å². The summed E-state index contributed by atoms with van der Waals surface area (Å²) in [6, 6.07) is 2.45. The van der Waals surface area contributed by atoms with E-state index in [0.717, 1.165) is 0 Å². The van der Waals surface area contributed by atoms with Gasteiger partial charge >= 0.3 is 0 Å². The van der Waals surface area contributed by atoms with E-state index in [2.05, 4.69) is 76.7 Å². The van der Waals surface area contributed by atoms with Crippen molar-refractivity contribution < 1.29 is 0 Å². The number of hydrogen-bond donors (Lipinski definition) is 4. The number of piperidine rings is 2. The average Bonchev–Trinajstić information content (AvgIpc) is 2.42. The van der Waals surface area contributed by atoms with E-state index in [0.29, 0.717) is 24.2 Å². The van der Waals surface area contributed by atoms with Crippen LogP contribution in [0.4, 0.5) is 0 Å². The van der Waals surface area contributed by atoms with Crippen LogP contribution in [-0.4, -0.2) is 46.3 Å². The van der Waals surface area contributed by atoms with Gasteiger partial charge in [0, 0.05) is 46.3 Å². The highest BCUT2D eigenvalue weighted by molar-refractivity contribution is 5.04. The Morgan fingerprint density at radius 2 is 0.821 bits per heavy atom. The standard InChI is InChI=1S/C24H48N4/c1-21(2)13-17(14-22(3,4)27-21)25-19-11-9-10-12-20(19)26-18-15-23(5,6)28-24(7,8)16-18/h17-20,25-28H,9-16H2,1-8H3. The van der Waals surface area contributed by atoms with Crippen molar-refractivity contribution in [3.8, 4) is 0 Å². The van der Waals surface area contributed by atoms with Gasteiger partial charge in [0.1, 0.15) is 0 Å². The van der Waals surface area contributed by atoms with Gasteiger partial charge in [0.05, 0.1) is 0 Å². The molecule has 3 rings (SSSR count). The van der Waals surface area contributed by atoms with E-state index in [1.807, 2.05) is 0 Å². The van der Waals surface area contributed by atoms with E-state index < -0.39 is 0 Å². The van der Waals surface area contributed by atoms with E-state index >= 15 is 0 Å². The van der Waals surface area contributed by atoms with Gasteiger partial charge in [-0.3, -0.25) is 0 Å². The third kappa shape index (κ3) is 6.17. The highest BCUT2D eigenvalue weighted by atomic mass is 15.1. The summed E-state index contributed by atoms with van der Waals surface area (Å²) >= 11 is 0. The van der Waals surface area contributed by atoms with Crippen LogP contribution in [0.15, 0.2) is 0 Å². The second-order valence-electron chi connectivity index (χ2n) is 12.8. The van der Waals surface area contributed by atoms with Gasteiger partial charge in [-0.1, -0.05) is 12.8 Å². The molecule has 0 aromatic carbocycles. The summed E-state index contributed by atoms with van der Waals surface area (Å²) in [6.45, 7) is 18.9. The summed E-state index contributed by atoms with van der Waals surface area (Å²) in [6.07, 6.45) is 10.2. The SMILES string of the molecule is CC1(C)CC(NC2CCCCC2NC2CC(C)(C)NC(C)(C)C2)CC(C)(C)N1. The van der Waals surface area contributed by atoms with Crippen LogP contribution in [0.3, 0.4) is 0 Å². The quantitative estimate of drug-likeness (QED) is 0.582. The first-order valence-corrected chi connectivity index (χ1v) is 11.9. The predicted octanol–water partition coefficient (Wildman–Crippen LogP) is 4.10. The van der Waals surface area contributed by atoms with E-state index in [1.165, 1.54) is 51.4 Å². The molecule has 3 fully saturated rings. The predicted molar refractivity (Wildman–Crippen MR) is 121 cm³/mol. The van der Waals surface area contributed by atoms with Gasteiger partial charge in [0.25, 0.3) is 0 Å². The van der Waals surface area contributed by atoms with Gasteiger partial charge in [-0.25, -0.2) is 0 Å². The topological polar surface area (TPSA) is 48.1 Å². The van der Waals surface area contributed by atoms with Crippen molar-refractivity contribution in [2.24, 2.45) is 0 Å². The zero-order valence-corrected chi connectivity index (χ0v) is 20.0. The molecule has 4 heteroatoms. The maximum absolute atomic E-state index is 4.13. The molecule has 28 heavy (non-hydrogen) atoms. The molecule has 4 N–H and O–H groups in total. The molecule has 2 heterocycles. The van der Waals surface area contributed by atoms with Gasteiger partial charge in [-0.2, -0.15) is 0 Å². The van der Waals surface area contributed by atoms with Gasteiger partial charge in [0.2, 0.25) is 0 Å². The zero-order valence-electron chi connectivity index (χ0n) is 20.0. The molecule has 0 spiro atoms. The Bertz CT molecular complexity index is 457. The fourth-order valence-electron chi connectivity index (χ4n) is 7.02. The van der Waals surface area contributed by atoms with Crippen molar-refractivity contribution in [2.45, 2.75) is 153 Å². The van der Waals surface area contributed by atoms with E-state index in [9.17, 15) is 0 Å². The smallest absolute Gasteiger partial charge is 0.0223 e. The molecule has 164 valence electrons. The van der Waals surface area contributed by atoms with Crippen LogP contribution in [0.1, 0.15) is 107 Å². The van der Waals surface area contributed by atoms with Crippen LogP contribution in [-0.2, 0) is 0 Å². The normalized spacial score (nSPS) is 35.6. The molecule has 3 aliphatic rings. The Balaban J connectivity index is 1.64. The minimum Gasteiger partial charge on any atom is -0.310 e. The van der Waals surface area contributed by atoms with Gasteiger partial charge < -0.3 is 21.3 Å². The highest BCUT2D eigenvalue weighted by Gasteiger charge is 2.41. The van der Waals surface area contributed by atoms with Crippen LogP contribution >= 0.6 is 0 Å². The van der Waals surface area contributed by atoms with Crippen molar-refractivity contribution in [2.75, 3.05) is 0 Å². The molecular formula is C24H48N4. The number of hydrogen-bond acceptors (Lipinski definition) is 4. The first kappa shape index (κ1) is 22.5. The maximum Gasteiger partial charge on any atom is 0.0223 e. The lowest BCUT2D eigenvalue weighted by Gasteiger charge is -2.50. The molecule has 4 nitrogen and oxygen atoms in total. The lowest BCUT2D eigenvalue weighted by Crippen LogP contribution is -2.66. The molecule has 1 aliphatic carbocycles. The molecule has 2 atom stereocenters. The summed E-state index contributed by atoms with van der Waals surface area (Å²) < 4.78 is 0. The second-order valence-corrected chi connectivity index (χ2v) is 12.8. The molecule has 1 saturated carbocycles. The Morgan fingerprint density at radius 1 is 0.536 bits per heavy atom. The highest BCUT2D eigenvalue weighted by Crippen LogP contribution is 2.32. The van der Waals surface area contributed by atoms with Crippen LogP contribution in [0.2, 0.25) is 0 Å². The van der Waals surface area contributed by atoms with E-state index in [4.69, 9.17) is 0 Å². The third-order valence-electron chi connectivity index (χ3n) is 7.05. The molecule has 2 aliphatic heterocycles. The van der Waals surface area contributed by atoms with Gasteiger partial charge in [-0.15, -0.1) is 0 Å². The van der Waals surface area contributed by atoms with Crippen LogP contribution < -0.4 is 21.3 Å². The van der Waals surface area contributed by atoms with Crippen LogP contribution in [0, 0.1) is 0 Å². The monoisotopic (exact) mass is 392 g/mol. The largest absolute Gasteiger partial charge is 0.310 e. The summed E-state index contributed by atoms with van der Waals surface area (Å²) in [5, 5.41) is 15.9. The molecule has 2 saturated heterocycles. The molecule has 0 aromatic heterocycles. The number of nitrogens with one attached hydrogen (secondary N) is 4. The first-order chi connectivity index (χ1) is 12.7. The summed E-state index contributed by atoms with van der Waals surface area (Å²) in [7, 11) is 0. The van der Waals surface area contributed by atoms with Crippen molar-refractivity contribution in [1.82, 2.24) is 21.3 Å². The molecule has 2 unspecified atom stereocenters. The van der Waals surface area contributed by atoms with Crippen molar-refractivity contribution >= 4 is 0 Å². The Hall–Kier alpha value is -0.160. The van der Waals surface area contributed by atoms with Crippen LogP contribution in [0.5, 0.6) is 0 Å². The van der Waals surface area contributed by atoms with E-state index in [1.54, 1.807) is 0 Å². The Morgan fingerprint density at radius 3 is 1.11 bits per heavy atom. The Kier molecular flexibility index (Phi) is 6.30. The molecular weight excluding hydrogens is 344 g/mol. The molecule has 0 amide bonds. The van der Waals surface area contributed by atoms with Gasteiger partial charge in [0.15, 0.2) is 0 Å². The molecule has 0 aromatic rings. The van der Waals surface area contributed by atoms with Gasteiger partial charge in [-0.05, 0) is 93.9 Å². The maximum atomic E-state index is 4.13. The minimum atomic E-state index is 0.208. The molecule has 0 bridgehead atoms. The molecule has 0 radical (unpaired) electrons. The second kappa shape index (κ2) is 7.83. The zero-order chi connectivity index (χ0) is 20.8. The average molecular weight is 393 g/mol. The lowest BCUT2D eigenvalue weighted by molar-refractivity contribution is 0.110. The summed E-state index contributed by atoms with van der Waals surface area (Å²) in [5.41, 5.74) is 0.834.